The normalized spacial score (nSPS) is 5.44. The molecule has 0 aromatic heterocycles. The molecule has 0 amide bonds. The summed E-state index contributed by atoms with van der Waals surface area (Å²) in [5.41, 5.74) is 2.28. The van der Waals surface area contributed by atoms with E-state index >= 15 is 0 Å². The van der Waals surface area contributed by atoms with Gasteiger partial charge >= 0.3 is 0 Å². The molecule has 0 atom stereocenters. The maximum Gasteiger partial charge on any atom is 0.0996 e. The molecule has 0 aliphatic carbocycles. The zero-order valence-corrected chi connectivity index (χ0v) is 6.15. The van der Waals surface area contributed by atoms with Crippen LogP contribution in [0, 0.1) is 11.3 Å². The Morgan fingerprint density at radius 2 is 1.89 bits per heavy atom. The molecule has 0 bridgehead atoms. The molecule has 0 unspecified atom stereocenters. The number of unbranched alkanes of at least 4 members (excludes halogenated alkanes) is 1. The highest BCUT2D eigenvalue weighted by Crippen LogP contribution is 1.76. The Morgan fingerprint density at radius 3 is 1.89 bits per heavy atom. The summed E-state index contributed by atoms with van der Waals surface area (Å²) in [6, 6.07) is 1.72. The van der Waals surface area contributed by atoms with E-state index in [0.717, 1.165) is 0 Å². The minimum absolute atomic E-state index is 1.19. The minimum atomic E-state index is 1.19. The van der Waals surface area contributed by atoms with Crippen LogP contribution in [0.2, 0.25) is 0 Å². The maximum absolute atomic E-state index is 7.66. The van der Waals surface area contributed by atoms with Crippen LogP contribution in [0.1, 0.15) is 26.7 Å². The van der Waals surface area contributed by atoms with Crippen molar-refractivity contribution in [2.45, 2.75) is 26.7 Å². The minimum Gasteiger partial charge on any atom is -0.192 e. The fourth-order valence-electron chi connectivity index (χ4n) is 0.0456. The summed E-state index contributed by atoms with van der Waals surface area (Å²) in [4.78, 5) is 0. The van der Waals surface area contributed by atoms with E-state index in [9.17, 15) is 0 Å². The van der Waals surface area contributed by atoms with Crippen molar-refractivity contribution in [1.29, 1.82) is 5.26 Å². The Morgan fingerprint density at radius 1 is 1.44 bits per heavy atom. The summed E-state index contributed by atoms with van der Waals surface area (Å²) in [7, 11) is 0. The first-order valence-electron chi connectivity index (χ1n) is 3.07. The summed E-state index contributed by atoms with van der Waals surface area (Å²) < 4.78 is 0. The summed E-state index contributed by atoms with van der Waals surface area (Å²) >= 11 is 0. The number of nitrogens with zero attached hydrogens (tertiary/aromatic N) is 1. The highest BCUT2D eigenvalue weighted by molar-refractivity contribution is 4.98. The molecular formula is C8H13N. The van der Waals surface area contributed by atoms with E-state index in [0.29, 0.717) is 0 Å². The smallest absolute Gasteiger partial charge is 0.0996 e. The van der Waals surface area contributed by atoms with Gasteiger partial charge in [0.15, 0.2) is 0 Å². The quantitative estimate of drug-likeness (QED) is 0.388. The lowest BCUT2D eigenvalue weighted by molar-refractivity contribution is 0.886. The standard InChI is InChI=1S/C4H3N.C4H10/c1-2-3-4-5;1-3-4-2/h3H,1H2;3-4H2,1-2H3. The van der Waals surface area contributed by atoms with Gasteiger partial charge in [0.25, 0.3) is 0 Å². The van der Waals surface area contributed by atoms with Gasteiger partial charge in [0.2, 0.25) is 0 Å². The molecule has 1 nitrogen and oxygen atoms in total. The molecule has 0 spiro atoms. The Kier molecular flexibility index (Phi) is 19.1. The van der Waals surface area contributed by atoms with Crippen molar-refractivity contribution in [2.75, 3.05) is 0 Å². The van der Waals surface area contributed by atoms with Gasteiger partial charge in [-0.05, 0) is 0 Å². The highest BCUT2D eigenvalue weighted by Gasteiger charge is 1.56. The van der Waals surface area contributed by atoms with Crippen molar-refractivity contribution >= 4 is 0 Å². The molecule has 0 saturated carbocycles. The second-order valence-electron chi connectivity index (χ2n) is 1.48. The number of nitriles is 1. The van der Waals surface area contributed by atoms with Crippen LogP contribution in [0.5, 0.6) is 0 Å². The van der Waals surface area contributed by atoms with Gasteiger partial charge < -0.3 is 0 Å². The predicted octanol–water partition coefficient (Wildman–Crippen LogP) is 2.66. The second-order valence-corrected chi connectivity index (χ2v) is 1.48. The van der Waals surface area contributed by atoms with Crippen LogP contribution < -0.4 is 0 Å². The fraction of sp³-hybridized carbons (Fsp3) is 0.500. The van der Waals surface area contributed by atoms with Crippen LogP contribution in [0.15, 0.2) is 18.4 Å². The Labute approximate surface area is 57.3 Å². The van der Waals surface area contributed by atoms with E-state index < -0.39 is 0 Å². The lowest BCUT2D eigenvalue weighted by Crippen LogP contribution is -1.47. The molecule has 0 radical (unpaired) electrons. The summed E-state index contributed by atoms with van der Waals surface area (Å²) in [6.07, 6.45) is 3.83. The SMILES string of the molecule is C=C=CC#N.CCCC. The average molecular weight is 123 g/mol. The third-order valence-electron chi connectivity index (χ3n) is 0.667. The Hall–Kier alpha value is -0.990. The number of rotatable bonds is 1. The molecule has 0 aromatic carbocycles. The van der Waals surface area contributed by atoms with Gasteiger partial charge in [0.1, 0.15) is 0 Å². The second kappa shape index (κ2) is 15.7. The third kappa shape index (κ3) is 43.6. The van der Waals surface area contributed by atoms with E-state index in [1.165, 1.54) is 18.9 Å². The fourth-order valence-corrected chi connectivity index (χ4v) is 0.0456. The lowest BCUT2D eigenvalue weighted by atomic mass is 10.4. The molecule has 9 heavy (non-hydrogen) atoms. The topological polar surface area (TPSA) is 23.8 Å². The van der Waals surface area contributed by atoms with E-state index in [4.69, 9.17) is 5.26 Å². The maximum atomic E-state index is 7.66. The van der Waals surface area contributed by atoms with Crippen molar-refractivity contribution in [1.82, 2.24) is 0 Å². The van der Waals surface area contributed by atoms with Crippen LogP contribution in [0.25, 0.3) is 0 Å². The van der Waals surface area contributed by atoms with E-state index in [1.807, 2.05) is 0 Å². The van der Waals surface area contributed by atoms with Crippen molar-refractivity contribution in [3.8, 4) is 6.07 Å². The monoisotopic (exact) mass is 123 g/mol. The van der Waals surface area contributed by atoms with Gasteiger partial charge in [0, 0.05) is 0 Å². The molecule has 0 aliphatic heterocycles. The molecular weight excluding hydrogens is 110 g/mol. The first-order valence-corrected chi connectivity index (χ1v) is 3.07. The van der Waals surface area contributed by atoms with Crippen molar-refractivity contribution in [3.05, 3.63) is 18.4 Å². The largest absolute Gasteiger partial charge is 0.192 e. The number of hydrogen-bond donors (Lipinski definition) is 0. The van der Waals surface area contributed by atoms with E-state index in [-0.39, 0.29) is 0 Å². The molecule has 0 rings (SSSR count). The highest BCUT2D eigenvalue weighted by atomic mass is 14.2. The van der Waals surface area contributed by atoms with E-state index in [2.05, 4.69) is 26.2 Å². The predicted molar refractivity (Wildman–Crippen MR) is 39.9 cm³/mol. The van der Waals surface area contributed by atoms with Gasteiger partial charge in [-0.1, -0.05) is 33.3 Å². The first-order chi connectivity index (χ1) is 4.33. The van der Waals surface area contributed by atoms with Crippen LogP contribution in [-0.2, 0) is 0 Å². The molecule has 50 valence electrons. The molecule has 0 saturated heterocycles. The van der Waals surface area contributed by atoms with Crippen molar-refractivity contribution in [2.24, 2.45) is 0 Å². The van der Waals surface area contributed by atoms with Gasteiger partial charge in [0.05, 0.1) is 12.1 Å². The van der Waals surface area contributed by atoms with Crippen LogP contribution in [0.4, 0.5) is 0 Å². The zero-order valence-electron chi connectivity index (χ0n) is 6.15. The molecule has 1 heteroatoms. The molecule has 0 N–H and O–H groups in total. The zero-order chi connectivity index (χ0) is 7.54. The van der Waals surface area contributed by atoms with Gasteiger partial charge in [-0.15, -0.1) is 5.73 Å². The molecule has 0 heterocycles. The van der Waals surface area contributed by atoms with E-state index in [1.54, 1.807) is 6.07 Å². The Balaban J connectivity index is 0. The summed E-state index contributed by atoms with van der Waals surface area (Å²) in [5.74, 6) is 0. The van der Waals surface area contributed by atoms with Crippen molar-refractivity contribution < 1.29 is 0 Å². The van der Waals surface area contributed by atoms with Gasteiger partial charge in [-0.25, -0.2) is 0 Å². The van der Waals surface area contributed by atoms with Crippen LogP contribution in [-0.4, -0.2) is 0 Å². The lowest BCUT2D eigenvalue weighted by Gasteiger charge is -1.68. The van der Waals surface area contributed by atoms with Gasteiger partial charge in [-0.3, -0.25) is 0 Å². The average Bonchev–Trinajstić information content (AvgIpc) is 1.91. The summed E-state index contributed by atoms with van der Waals surface area (Å²) in [5, 5.41) is 7.66. The van der Waals surface area contributed by atoms with Crippen LogP contribution >= 0.6 is 0 Å². The number of allylic oxidation sites excluding steroid dienone is 1. The van der Waals surface area contributed by atoms with Crippen molar-refractivity contribution in [3.63, 3.8) is 0 Å². The number of hydrogen-bond acceptors (Lipinski definition) is 1. The Bertz CT molecular complexity index is 111. The third-order valence-corrected chi connectivity index (χ3v) is 0.667. The first kappa shape index (κ1) is 10.9. The van der Waals surface area contributed by atoms with Gasteiger partial charge in [-0.2, -0.15) is 5.26 Å². The molecule has 0 aromatic rings. The summed E-state index contributed by atoms with van der Waals surface area (Å²) in [6.45, 7) is 7.51. The molecule has 0 fully saturated rings. The molecule has 0 aliphatic rings. The van der Waals surface area contributed by atoms with Crippen LogP contribution in [0.3, 0.4) is 0 Å².